The Balaban J connectivity index is 2.56. The van der Waals surface area contributed by atoms with Gasteiger partial charge in [-0.2, -0.15) is 0 Å². The number of rotatable bonds is 4. The number of carbonyl (C=O) groups is 1. The van der Waals surface area contributed by atoms with Crippen LogP contribution in [0, 0.1) is 5.92 Å². The molecular weight excluding hydrogens is 214 g/mol. The first-order chi connectivity index (χ1) is 8.06. The highest BCUT2D eigenvalue weighted by atomic mass is 16.2. The van der Waals surface area contributed by atoms with E-state index in [9.17, 15) is 4.79 Å². The zero-order valence-corrected chi connectivity index (χ0v) is 11.5. The second kappa shape index (κ2) is 6.24. The monoisotopic (exact) mass is 241 g/mol. The minimum atomic E-state index is -0.161. The van der Waals surface area contributed by atoms with Crippen LogP contribution in [0.15, 0.2) is 0 Å². The van der Waals surface area contributed by atoms with Gasteiger partial charge >= 0.3 is 6.03 Å². The molecular formula is C13H27N3O. The first-order valence-electron chi connectivity index (χ1n) is 6.80. The number of nitrogens with one attached hydrogen (secondary N) is 1. The fourth-order valence-corrected chi connectivity index (χ4v) is 2.48. The topological polar surface area (TPSA) is 58.4 Å². The second-order valence-electron chi connectivity index (χ2n) is 5.28. The van der Waals surface area contributed by atoms with Gasteiger partial charge in [-0.1, -0.05) is 13.3 Å². The number of carbonyl (C=O) groups excluding carboxylic acids is 1. The molecule has 4 nitrogen and oxygen atoms in total. The molecule has 0 aliphatic heterocycles. The maximum atomic E-state index is 11.9. The predicted octanol–water partition coefficient (Wildman–Crippen LogP) is 1.95. The van der Waals surface area contributed by atoms with E-state index in [0.717, 1.165) is 25.3 Å². The molecule has 1 fully saturated rings. The highest BCUT2D eigenvalue weighted by molar-refractivity contribution is 5.74. The Morgan fingerprint density at radius 1 is 1.41 bits per heavy atom. The normalized spacial score (nSPS) is 28.8. The Hall–Kier alpha value is -0.770. The van der Waals surface area contributed by atoms with Crippen LogP contribution in [0.5, 0.6) is 0 Å². The minimum Gasteiger partial charge on any atom is -0.331 e. The Kier molecular flexibility index (Phi) is 5.25. The molecule has 4 heteroatoms. The van der Waals surface area contributed by atoms with Crippen LogP contribution in [0.25, 0.3) is 0 Å². The molecule has 1 aliphatic rings. The summed E-state index contributed by atoms with van der Waals surface area (Å²) in [4.78, 5) is 13.6. The number of urea groups is 1. The van der Waals surface area contributed by atoms with Crippen molar-refractivity contribution in [3.05, 3.63) is 0 Å². The third-order valence-corrected chi connectivity index (χ3v) is 4.22. The van der Waals surface area contributed by atoms with Crippen molar-refractivity contribution in [2.24, 2.45) is 11.7 Å². The largest absolute Gasteiger partial charge is 0.331 e. The lowest BCUT2D eigenvalue weighted by molar-refractivity contribution is 0.164. The van der Waals surface area contributed by atoms with Gasteiger partial charge in [0.05, 0.1) is 5.54 Å². The van der Waals surface area contributed by atoms with Crippen LogP contribution in [0.4, 0.5) is 4.79 Å². The van der Waals surface area contributed by atoms with Crippen LogP contribution < -0.4 is 11.1 Å². The third kappa shape index (κ3) is 3.60. The molecule has 1 saturated carbocycles. The number of hydrogen-bond donors (Lipinski definition) is 2. The van der Waals surface area contributed by atoms with Gasteiger partial charge in [0, 0.05) is 20.1 Å². The number of hydrogen-bond acceptors (Lipinski definition) is 2. The van der Waals surface area contributed by atoms with Crippen LogP contribution >= 0.6 is 0 Å². The minimum absolute atomic E-state index is 0.00731. The van der Waals surface area contributed by atoms with Crippen molar-refractivity contribution >= 4 is 6.03 Å². The van der Waals surface area contributed by atoms with Crippen LogP contribution in [0.3, 0.4) is 0 Å². The van der Waals surface area contributed by atoms with Gasteiger partial charge in [0.2, 0.25) is 0 Å². The van der Waals surface area contributed by atoms with Crippen molar-refractivity contribution in [3.63, 3.8) is 0 Å². The molecule has 0 bridgehead atoms. The van der Waals surface area contributed by atoms with E-state index < -0.39 is 0 Å². The van der Waals surface area contributed by atoms with Gasteiger partial charge in [-0.05, 0) is 38.5 Å². The summed E-state index contributed by atoms with van der Waals surface area (Å²) in [5, 5.41) is 3.14. The van der Waals surface area contributed by atoms with Crippen molar-refractivity contribution in [1.82, 2.24) is 10.2 Å². The van der Waals surface area contributed by atoms with Crippen LogP contribution in [0.2, 0.25) is 0 Å². The summed E-state index contributed by atoms with van der Waals surface area (Å²) in [7, 11) is 1.82. The fraction of sp³-hybridized carbons (Fsp3) is 0.923. The zero-order chi connectivity index (χ0) is 12.9. The molecule has 2 amide bonds. The lowest BCUT2D eigenvalue weighted by Crippen LogP contribution is -2.58. The summed E-state index contributed by atoms with van der Waals surface area (Å²) >= 11 is 0. The van der Waals surface area contributed by atoms with Crippen molar-refractivity contribution in [2.75, 3.05) is 20.1 Å². The van der Waals surface area contributed by atoms with E-state index in [-0.39, 0.29) is 11.6 Å². The van der Waals surface area contributed by atoms with Crippen LogP contribution in [-0.2, 0) is 0 Å². The molecule has 100 valence electrons. The van der Waals surface area contributed by atoms with Gasteiger partial charge in [0.25, 0.3) is 0 Å². The summed E-state index contributed by atoms with van der Waals surface area (Å²) in [6.07, 6.45) is 5.65. The molecule has 1 rings (SSSR count). The molecule has 0 aromatic rings. The predicted molar refractivity (Wildman–Crippen MR) is 70.9 cm³/mol. The van der Waals surface area contributed by atoms with Gasteiger partial charge in [0.1, 0.15) is 0 Å². The quantitative estimate of drug-likeness (QED) is 0.790. The molecule has 0 saturated heterocycles. The third-order valence-electron chi connectivity index (χ3n) is 4.22. The van der Waals surface area contributed by atoms with Gasteiger partial charge in [-0.3, -0.25) is 0 Å². The standard InChI is InChI=1S/C13H27N3O/c1-4-11-6-8-13(10-14,9-7-11)15-12(17)16(3)5-2/h11H,4-10,14H2,1-3H3,(H,15,17). The number of amides is 2. The van der Waals surface area contributed by atoms with Crippen molar-refractivity contribution in [2.45, 2.75) is 51.5 Å². The summed E-state index contributed by atoms with van der Waals surface area (Å²) in [5.41, 5.74) is 5.72. The zero-order valence-electron chi connectivity index (χ0n) is 11.5. The summed E-state index contributed by atoms with van der Waals surface area (Å²) in [6.45, 7) is 5.49. The molecule has 3 N–H and O–H groups in total. The van der Waals surface area contributed by atoms with E-state index in [2.05, 4.69) is 12.2 Å². The van der Waals surface area contributed by atoms with Crippen molar-refractivity contribution in [3.8, 4) is 0 Å². The van der Waals surface area contributed by atoms with E-state index in [1.165, 1.54) is 19.3 Å². The van der Waals surface area contributed by atoms with Gasteiger partial charge < -0.3 is 16.0 Å². The molecule has 17 heavy (non-hydrogen) atoms. The molecule has 0 heterocycles. The fourth-order valence-electron chi connectivity index (χ4n) is 2.48. The van der Waals surface area contributed by atoms with Gasteiger partial charge in [-0.25, -0.2) is 4.79 Å². The molecule has 0 atom stereocenters. The summed E-state index contributed by atoms with van der Waals surface area (Å²) in [6, 6.07) is 0.00731. The second-order valence-corrected chi connectivity index (χ2v) is 5.28. The van der Waals surface area contributed by atoms with E-state index in [4.69, 9.17) is 5.73 Å². The molecule has 0 radical (unpaired) electrons. The molecule has 1 aliphatic carbocycles. The van der Waals surface area contributed by atoms with Crippen LogP contribution in [0.1, 0.15) is 46.0 Å². The number of nitrogens with two attached hydrogens (primary N) is 1. The Morgan fingerprint density at radius 2 is 2.00 bits per heavy atom. The van der Waals surface area contributed by atoms with E-state index >= 15 is 0 Å². The van der Waals surface area contributed by atoms with Crippen molar-refractivity contribution in [1.29, 1.82) is 0 Å². The Labute approximate surface area is 105 Å². The van der Waals surface area contributed by atoms with Gasteiger partial charge in [-0.15, -0.1) is 0 Å². The van der Waals surface area contributed by atoms with E-state index in [0.29, 0.717) is 6.54 Å². The van der Waals surface area contributed by atoms with Crippen LogP contribution in [-0.4, -0.2) is 36.6 Å². The van der Waals surface area contributed by atoms with E-state index in [1.807, 2.05) is 14.0 Å². The summed E-state index contributed by atoms with van der Waals surface area (Å²) < 4.78 is 0. The maximum Gasteiger partial charge on any atom is 0.317 e. The average Bonchev–Trinajstić information content (AvgIpc) is 2.38. The lowest BCUT2D eigenvalue weighted by atomic mass is 9.75. The molecule has 0 aromatic carbocycles. The lowest BCUT2D eigenvalue weighted by Gasteiger charge is -2.40. The molecule has 0 unspecified atom stereocenters. The average molecular weight is 241 g/mol. The smallest absolute Gasteiger partial charge is 0.317 e. The Bertz CT molecular complexity index is 247. The molecule has 0 aromatic heterocycles. The Morgan fingerprint density at radius 3 is 2.41 bits per heavy atom. The van der Waals surface area contributed by atoms with Gasteiger partial charge in [0.15, 0.2) is 0 Å². The summed E-state index contributed by atoms with van der Waals surface area (Å²) in [5.74, 6) is 0.815. The van der Waals surface area contributed by atoms with Crippen molar-refractivity contribution < 1.29 is 4.79 Å². The first-order valence-corrected chi connectivity index (χ1v) is 6.80. The first kappa shape index (κ1) is 14.3. The highest BCUT2D eigenvalue weighted by Gasteiger charge is 2.35. The van der Waals surface area contributed by atoms with E-state index in [1.54, 1.807) is 4.90 Å². The SMILES string of the molecule is CCC1CCC(CN)(NC(=O)N(C)CC)CC1. The number of nitrogens with zero attached hydrogens (tertiary/aromatic N) is 1. The maximum absolute atomic E-state index is 11.9. The molecule has 0 spiro atoms. The highest BCUT2D eigenvalue weighted by Crippen LogP contribution is 2.33.